The third kappa shape index (κ3) is 5.07. The maximum absolute atomic E-state index is 12.2. The summed E-state index contributed by atoms with van der Waals surface area (Å²) in [5, 5.41) is 12.2. The molecular weight excluding hydrogens is 345 g/mol. The number of aliphatic hydroxyl groups is 1. The molecule has 0 aliphatic heterocycles. The molecule has 2 aromatic rings. The highest BCUT2D eigenvalue weighted by Crippen LogP contribution is 2.25. The standard InChI is InChI=1S/C17H22NO4PS/c1-12(2)9-17(20,10-23-21)16(19)22-11-24-15-8-7-13-5-3-4-6-14(13)18-15/h3-8,12,20H,9-11,23H2,1-2H3. The van der Waals surface area contributed by atoms with Crippen molar-refractivity contribution in [1.82, 2.24) is 4.98 Å². The second kappa shape index (κ2) is 8.65. The highest BCUT2D eigenvalue weighted by molar-refractivity contribution is 7.99. The van der Waals surface area contributed by atoms with Crippen LogP contribution in [0.2, 0.25) is 0 Å². The molecule has 0 fully saturated rings. The van der Waals surface area contributed by atoms with Gasteiger partial charge in [0.15, 0.2) is 5.60 Å². The van der Waals surface area contributed by atoms with Crippen LogP contribution >= 0.6 is 20.2 Å². The number of fused-ring (bicyclic) bond motifs is 1. The van der Waals surface area contributed by atoms with E-state index in [1.807, 2.05) is 50.2 Å². The number of hydrogen-bond donors (Lipinski definition) is 1. The summed E-state index contributed by atoms with van der Waals surface area (Å²) in [6.45, 7) is 3.79. The van der Waals surface area contributed by atoms with Crippen molar-refractivity contribution < 1.29 is 19.2 Å². The number of carbonyl (C=O) groups is 1. The molecule has 130 valence electrons. The van der Waals surface area contributed by atoms with E-state index in [4.69, 9.17) is 4.74 Å². The van der Waals surface area contributed by atoms with Crippen LogP contribution in [0.5, 0.6) is 0 Å². The lowest BCUT2D eigenvalue weighted by molar-refractivity contribution is -0.162. The van der Waals surface area contributed by atoms with Gasteiger partial charge in [0.25, 0.3) is 0 Å². The molecule has 1 aromatic heterocycles. The lowest BCUT2D eigenvalue weighted by atomic mass is 9.94. The van der Waals surface area contributed by atoms with E-state index in [9.17, 15) is 14.5 Å². The van der Waals surface area contributed by atoms with Gasteiger partial charge in [0.2, 0.25) is 0 Å². The second-order valence-electron chi connectivity index (χ2n) is 6.04. The van der Waals surface area contributed by atoms with Gasteiger partial charge in [-0.2, -0.15) is 0 Å². The number of benzene rings is 1. The zero-order chi connectivity index (χ0) is 17.6. The van der Waals surface area contributed by atoms with E-state index in [-0.39, 0.29) is 24.4 Å². The molecule has 0 spiro atoms. The van der Waals surface area contributed by atoms with Crippen molar-refractivity contribution in [2.24, 2.45) is 5.92 Å². The minimum absolute atomic E-state index is 0.0527. The number of esters is 1. The molecule has 1 heterocycles. The fraction of sp³-hybridized carbons (Fsp3) is 0.412. The Morgan fingerprint density at radius 1 is 1.33 bits per heavy atom. The van der Waals surface area contributed by atoms with Gasteiger partial charge in [-0.1, -0.05) is 49.9 Å². The van der Waals surface area contributed by atoms with Crippen LogP contribution in [0.15, 0.2) is 41.4 Å². The van der Waals surface area contributed by atoms with E-state index < -0.39 is 20.0 Å². The van der Waals surface area contributed by atoms with Crippen LogP contribution in [0.4, 0.5) is 0 Å². The predicted molar refractivity (Wildman–Crippen MR) is 98.2 cm³/mol. The molecule has 0 amide bonds. The first-order valence-corrected chi connectivity index (χ1v) is 10.0. The summed E-state index contributed by atoms with van der Waals surface area (Å²) in [6, 6.07) is 11.6. The molecule has 2 rings (SSSR count). The number of carbonyl (C=O) groups excluding carboxylic acids is 1. The van der Waals surface area contributed by atoms with Crippen molar-refractivity contribution in [3.8, 4) is 0 Å². The normalized spacial score (nSPS) is 14.3. The Bertz CT molecular complexity index is 725. The maximum atomic E-state index is 12.2. The Kier molecular flexibility index (Phi) is 6.84. The molecule has 5 nitrogen and oxygen atoms in total. The molecule has 1 aromatic carbocycles. The van der Waals surface area contributed by atoms with E-state index in [0.29, 0.717) is 0 Å². The van der Waals surface area contributed by atoms with Gasteiger partial charge in [-0.05, 0) is 24.5 Å². The predicted octanol–water partition coefficient (Wildman–Crippen LogP) is 3.36. The van der Waals surface area contributed by atoms with E-state index in [0.717, 1.165) is 15.9 Å². The van der Waals surface area contributed by atoms with Gasteiger partial charge >= 0.3 is 5.97 Å². The number of aromatic nitrogens is 1. The molecule has 1 N–H and O–H groups in total. The average Bonchev–Trinajstić information content (AvgIpc) is 2.54. The molecule has 2 unspecified atom stereocenters. The molecule has 0 aliphatic carbocycles. The van der Waals surface area contributed by atoms with Gasteiger partial charge in [-0.25, -0.2) is 9.78 Å². The molecule has 0 saturated heterocycles. The molecule has 0 bridgehead atoms. The Hall–Kier alpha value is -1.36. The van der Waals surface area contributed by atoms with E-state index >= 15 is 0 Å². The first-order valence-electron chi connectivity index (χ1n) is 7.76. The summed E-state index contributed by atoms with van der Waals surface area (Å²) in [6.07, 6.45) is 0.183. The van der Waals surface area contributed by atoms with Gasteiger partial charge < -0.3 is 14.4 Å². The summed E-state index contributed by atoms with van der Waals surface area (Å²) in [7, 11) is -1.22. The number of rotatable bonds is 8. The molecule has 0 radical (unpaired) electrons. The van der Waals surface area contributed by atoms with E-state index in [2.05, 4.69) is 4.98 Å². The largest absolute Gasteiger partial charge is 0.452 e. The van der Waals surface area contributed by atoms with Crippen LogP contribution in [-0.4, -0.2) is 33.8 Å². The zero-order valence-electron chi connectivity index (χ0n) is 13.8. The smallest absolute Gasteiger partial charge is 0.339 e. The van der Waals surface area contributed by atoms with Crippen molar-refractivity contribution in [2.75, 3.05) is 12.1 Å². The Labute approximate surface area is 147 Å². The average molecular weight is 367 g/mol. The van der Waals surface area contributed by atoms with Crippen molar-refractivity contribution >= 4 is 37.1 Å². The third-order valence-corrected chi connectivity index (χ3v) is 5.12. The zero-order valence-corrected chi connectivity index (χ0v) is 15.7. The molecule has 7 heteroatoms. The van der Waals surface area contributed by atoms with Gasteiger partial charge in [-0.15, -0.1) is 0 Å². The monoisotopic (exact) mass is 367 g/mol. The Morgan fingerprint density at radius 2 is 2.08 bits per heavy atom. The molecule has 2 atom stereocenters. The van der Waals surface area contributed by atoms with Crippen LogP contribution < -0.4 is 0 Å². The second-order valence-corrected chi connectivity index (χ2v) is 7.72. The summed E-state index contributed by atoms with van der Waals surface area (Å²) < 4.78 is 16.1. The molecule has 24 heavy (non-hydrogen) atoms. The first-order chi connectivity index (χ1) is 11.4. The quantitative estimate of drug-likeness (QED) is 0.334. The van der Waals surface area contributed by atoms with Crippen LogP contribution in [-0.2, 0) is 14.1 Å². The first kappa shape index (κ1) is 19.0. The number of pyridine rings is 1. The van der Waals surface area contributed by atoms with Crippen LogP contribution in [0.1, 0.15) is 20.3 Å². The van der Waals surface area contributed by atoms with Crippen molar-refractivity contribution in [3.05, 3.63) is 36.4 Å². The lowest BCUT2D eigenvalue weighted by Crippen LogP contribution is -2.43. The van der Waals surface area contributed by atoms with Crippen LogP contribution in [0.3, 0.4) is 0 Å². The number of nitrogens with zero attached hydrogens (tertiary/aromatic N) is 1. The SMILES string of the molecule is CC(C)CC(O)(C[PH2]=O)C(=O)OCSc1ccc2ccccc2n1. The molecule has 0 saturated carbocycles. The topological polar surface area (TPSA) is 76.5 Å². The number of ether oxygens (including phenoxy) is 1. The van der Waals surface area contributed by atoms with E-state index in [1.54, 1.807) is 0 Å². The van der Waals surface area contributed by atoms with Crippen molar-refractivity contribution in [2.45, 2.75) is 30.9 Å². The summed E-state index contributed by atoms with van der Waals surface area (Å²) >= 11 is 1.28. The Morgan fingerprint density at radius 3 is 2.79 bits per heavy atom. The van der Waals surface area contributed by atoms with Crippen molar-refractivity contribution in [3.63, 3.8) is 0 Å². The Balaban J connectivity index is 1.95. The van der Waals surface area contributed by atoms with Crippen LogP contribution in [0, 0.1) is 5.92 Å². The number of thioether (sulfide) groups is 1. The molecular formula is C17H22NO4PS. The number of hydrogen-bond acceptors (Lipinski definition) is 6. The third-order valence-electron chi connectivity index (χ3n) is 3.52. The number of para-hydroxylation sites is 1. The summed E-state index contributed by atoms with van der Waals surface area (Å²) in [5.74, 6) is -0.560. The fourth-order valence-electron chi connectivity index (χ4n) is 2.47. The van der Waals surface area contributed by atoms with Gasteiger partial charge in [-0.3, -0.25) is 0 Å². The lowest BCUT2D eigenvalue weighted by Gasteiger charge is -2.25. The van der Waals surface area contributed by atoms with Gasteiger partial charge in [0, 0.05) is 11.5 Å². The molecule has 0 aliphatic rings. The fourth-order valence-corrected chi connectivity index (χ4v) is 3.69. The highest BCUT2D eigenvalue weighted by atomic mass is 32.2. The maximum Gasteiger partial charge on any atom is 0.339 e. The van der Waals surface area contributed by atoms with Gasteiger partial charge in [0.1, 0.15) is 5.94 Å². The van der Waals surface area contributed by atoms with Gasteiger partial charge in [0.05, 0.1) is 19.0 Å². The van der Waals surface area contributed by atoms with E-state index in [1.165, 1.54) is 11.8 Å². The summed E-state index contributed by atoms with van der Waals surface area (Å²) in [5.41, 5.74) is -0.789. The van der Waals surface area contributed by atoms with Crippen molar-refractivity contribution in [1.29, 1.82) is 0 Å². The summed E-state index contributed by atoms with van der Waals surface area (Å²) in [4.78, 5) is 16.6. The minimum atomic E-state index is -1.66. The highest BCUT2D eigenvalue weighted by Gasteiger charge is 2.37. The van der Waals surface area contributed by atoms with Crippen LogP contribution in [0.25, 0.3) is 10.9 Å². The minimum Gasteiger partial charge on any atom is -0.452 e.